The van der Waals surface area contributed by atoms with E-state index in [1.807, 2.05) is 57.2 Å². The predicted molar refractivity (Wildman–Crippen MR) is 121 cm³/mol. The van der Waals surface area contributed by atoms with Crippen LogP contribution in [0.3, 0.4) is 0 Å². The van der Waals surface area contributed by atoms with Crippen LogP contribution in [0.5, 0.6) is 0 Å². The van der Waals surface area contributed by atoms with Crippen molar-refractivity contribution in [2.45, 2.75) is 27.2 Å². The molecular weight excluding hydrogens is 392 g/mol. The minimum atomic E-state index is -0.515. The number of anilines is 1. The molecule has 0 atom stereocenters. The molecule has 3 aromatic heterocycles. The van der Waals surface area contributed by atoms with E-state index in [0.29, 0.717) is 22.4 Å². The molecule has 0 unspecified atom stereocenters. The second kappa shape index (κ2) is 7.09. The summed E-state index contributed by atoms with van der Waals surface area (Å²) in [4.78, 5) is 29.8. The molecule has 0 bridgehead atoms. The Morgan fingerprint density at radius 1 is 0.935 bits per heavy atom. The number of furan rings is 1. The van der Waals surface area contributed by atoms with Crippen molar-refractivity contribution in [1.29, 1.82) is 0 Å². The number of nitrogens with zero attached hydrogens (tertiary/aromatic N) is 1. The average molecular weight is 412 g/mol. The average Bonchev–Trinajstić information content (AvgIpc) is 3.03. The molecule has 0 saturated heterocycles. The zero-order valence-electron chi connectivity index (χ0n) is 17.4. The number of aromatic nitrogens is 1. The number of rotatable bonds is 3. The van der Waals surface area contributed by atoms with Crippen LogP contribution in [0.4, 0.5) is 5.69 Å². The Hall–Kier alpha value is -3.93. The smallest absolute Gasteiger partial charge is 0.340 e. The molecule has 2 aromatic carbocycles. The lowest BCUT2D eigenvalue weighted by Crippen LogP contribution is -2.20. The zero-order valence-corrected chi connectivity index (χ0v) is 17.4. The van der Waals surface area contributed by atoms with E-state index in [2.05, 4.69) is 10.3 Å². The second-order valence-corrected chi connectivity index (χ2v) is 7.72. The van der Waals surface area contributed by atoms with Crippen LogP contribution in [0.15, 0.2) is 62.3 Å². The summed E-state index contributed by atoms with van der Waals surface area (Å²) >= 11 is 0. The Kier molecular flexibility index (Phi) is 4.36. The maximum atomic E-state index is 12.8. The van der Waals surface area contributed by atoms with E-state index in [-0.39, 0.29) is 12.3 Å². The molecule has 0 radical (unpaired) electrons. The number of carbonyl (C=O) groups is 1. The van der Waals surface area contributed by atoms with E-state index >= 15 is 0 Å². The summed E-state index contributed by atoms with van der Waals surface area (Å²) in [5.41, 5.74) is 4.20. The molecule has 1 amide bonds. The monoisotopic (exact) mass is 412 g/mol. The summed E-state index contributed by atoms with van der Waals surface area (Å²) in [5.74, 6) is 0.539. The van der Waals surface area contributed by atoms with Gasteiger partial charge in [-0.2, -0.15) is 0 Å². The number of aryl methyl sites for hydroxylation is 3. The third-order valence-corrected chi connectivity index (χ3v) is 5.84. The molecular formula is C25H20N2O4. The van der Waals surface area contributed by atoms with E-state index in [0.717, 1.165) is 38.6 Å². The summed E-state index contributed by atoms with van der Waals surface area (Å²) in [5, 5.41) is 5.52. The quantitative estimate of drug-likeness (QED) is 0.412. The molecule has 0 aliphatic carbocycles. The summed E-state index contributed by atoms with van der Waals surface area (Å²) in [6.45, 7) is 5.74. The fourth-order valence-corrected chi connectivity index (χ4v) is 4.00. The number of carbonyl (C=O) groups excluding carboxylic acids is 1. The van der Waals surface area contributed by atoms with Gasteiger partial charge in [0.05, 0.1) is 23.2 Å². The summed E-state index contributed by atoms with van der Waals surface area (Å²) in [7, 11) is 0. The largest absolute Gasteiger partial charge is 0.461 e. The van der Waals surface area contributed by atoms with Crippen molar-refractivity contribution >= 4 is 44.4 Å². The summed E-state index contributed by atoms with van der Waals surface area (Å²) in [6, 6.07) is 13.0. The molecule has 6 nitrogen and oxygen atoms in total. The topological polar surface area (TPSA) is 85.3 Å². The fourth-order valence-electron chi connectivity index (χ4n) is 4.00. The van der Waals surface area contributed by atoms with Gasteiger partial charge in [0.15, 0.2) is 0 Å². The van der Waals surface area contributed by atoms with Crippen LogP contribution in [0.2, 0.25) is 0 Å². The predicted octanol–water partition coefficient (Wildman–Crippen LogP) is 5.19. The zero-order chi connectivity index (χ0) is 21.7. The van der Waals surface area contributed by atoms with Crippen molar-refractivity contribution in [1.82, 2.24) is 4.98 Å². The normalized spacial score (nSPS) is 11.5. The first-order valence-electron chi connectivity index (χ1n) is 10.0. The Morgan fingerprint density at radius 2 is 1.71 bits per heavy atom. The number of amides is 1. The van der Waals surface area contributed by atoms with Gasteiger partial charge < -0.3 is 14.2 Å². The highest BCUT2D eigenvalue weighted by atomic mass is 16.4. The Balaban J connectivity index is 1.53. The van der Waals surface area contributed by atoms with Crippen LogP contribution in [0.25, 0.3) is 32.8 Å². The second-order valence-electron chi connectivity index (χ2n) is 7.72. The highest BCUT2D eigenvalue weighted by Gasteiger charge is 2.18. The van der Waals surface area contributed by atoms with Crippen LogP contribution >= 0.6 is 0 Å². The van der Waals surface area contributed by atoms with Crippen molar-refractivity contribution in [2.75, 3.05) is 5.32 Å². The van der Waals surface area contributed by atoms with Crippen LogP contribution in [0.1, 0.15) is 22.5 Å². The van der Waals surface area contributed by atoms with Crippen molar-refractivity contribution in [3.63, 3.8) is 0 Å². The lowest BCUT2D eigenvalue weighted by molar-refractivity contribution is -0.115. The molecule has 6 heteroatoms. The highest BCUT2D eigenvalue weighted by Crippen LogP contribution is 2.31. The molecule has 31 heavy (non-hydrogen) atoms. The first kappa shape index (κ1) is 19.1. The lowest BCUT2D eigenvalue weighted by Gasteiger charge is -2.10. The minimum absolute atomic E-state index is 0.0812. The van der Waals surface area contributed by atoms with E-state index < -0.39 is 5.63 Å². The van der Waals surface area contributed by atoms with Gasteiger partial charge in [-0.05, 0) is 62.2 Å². The van der Waals surface area contributed by atoms with Crippen LogP contribution in [-0.2, 0) is 11.2 Å². The number of pyridine rings is 1. The fraction of sp³-hybridized carbons (Fsp3) is 0.160. The van der Waals surface area contributed by atoms with Crippen LogP contribution < -0.4 is 10.9 Å². The standard InChI is InChI=1S/C25H20N2O4/c1-13-15(3)30-22-12-23-18(10-17(13)22)14(2)19(25(29)31-23)11-24(28)27-21-8-4-7-20-16(21)6-5-9-26-20/h4-10,12H,11H2,1-3H3,(H,27,28). The number of fused-ring (bicyclic) bond motifs is 3. The van der Waals surface area contributed by atoms with Crippen molar-refractivity contribution in [2.24, 2.45) is 0 Å². The van der Waals surface area contributed by atoms with Gasteiger partial charge in [-0.1, -0.05) is 6.07 Å². The van der Waals surface area contributed by atoms with Crippen molar-refractivity contribution in [3.8, 4) is 0 Å². The number of hydrogen-bond acceptors (Lipinski definition) is 5. The molecule has 1 N–H and O–H groups in total. The molecule has 0 saturated carbocycles. The molecule has 0 aliphatic rings. The van der Waals surface area contributed by atoms with E-state index in [1.165, 1.54) is 0 Å². The molecule has 3 heterocycles. The van der Waals surface area contributed by atoms with Gasteiger partial charge in [0.1, 0.15) is 16.9 Å². The van der Waals surface area contributed by atoms with Gasteiger partial charge in [0.2, 0.25) is 5.91 Å². The van der Waals surface area contributed by atoms with Crippen LogP contribution in [-0.4, -0.2) is 10.9 Å². The third-order valence-electron chi connectivity index (χ3n) is 5.84. The van der Waals surface area contributed by atoms with Crippen molar-refractivity contribution in [3.05, 3.63) is 81.5 Å². The molecule has 5 aromatic rings. The van der Waals surface area contributed by atoms with Gasteiger partial charge in [-0.25, -0.2) is 4.79 Å². The number of benzene rings is 2. The van der Waals surface area contributed by atoms with Gasteiger partial charge in [-0.3, -0.25) is 9.78 Å². The van der Waals surface area contributed by atoms with Gasteiger partial charge in [0, 0.05) is 28.4 Å². The molecule has 0 aliphatic heterocycles. The number of nitrogens with one attached hydrogen (secondary N) is 1. The highest BCUT2D eigenvalue weighted by molar-refractivity contribution is 6.02. The molecule has 5 rings (SSSR count). The maximum Gasteiger partial charge on any atom is 0.340 e. The third kappa shape index (κ3) is 3.17. The Labute approximate surface area is 177 Å². The van der Waals surface area contributed by atoms with E-state index in [1.54, 1.807) is 12.3 Å². The lowest BCUT2D eigenvalue weighted by atomic mass is 10.0. The van der Waals surface area contributed by atoms with E-state index in [9.17, 15) is 9.59 Å². The van der Waals surface area contributed by atoms with E-state index in [4.69, 9.17) is 8.83 Å². The summed E-state index contributed by atoms with van der Waals surface area (Å²) in [6.07, 6.45) is 1.62. The Morgan fingerprint density at radius 3 is 2.55 bits per heavy atom. The molecule has 0 fully saturated rings. The summed E-state index contributed by atoms with van der Waals surface area (Å²) < 4.78 is 11.3. The maximum absolute atomic E-state index is 12.8. The van der Waals surface area contributed by atoms with Gasteiger partial charge in [0.25, 0.3) is 0 Å². The number of hydrogen-bond donors (Lipinski definition) is 1. The molecule has 154 valence electrons. The van der Waals surface area contributed by atoms with Crippen molar-refractivity contribution < 1.29 is 13.6 Å². The molecule has 0 spiro atoms. The SMILES string of the molecule is Cc1oc2cc3oc(=O)c(CC(=O)Nc4cccc5ncccc45)c(C)c3cc2c1C. The Bertz CT molecular complexity index is 1550. The minimum Gasteiger partial charge on any atom is -0.461 e. The van der Waals surface area contributed by atoms with Crippen LogP contribution in [0, 0.1) is 20.8 Å². The first-order valence-corrected chi connectivity index (χ1v) is 10.0. The first-order chi connectivity index (χ1) is 14.9. The van der Waals surface area contributed by atoms with Gasteiger partial charge >= 0.3 is 5.63 Å². The van der Waals surface area contributed by atoms with Gasteiger partial charge in [-0.15, -0.1) is 0 Å².